The summed E-state index contributed by atoms with van der Waals surface area (Å²) in [5.41, 5.74) is 0.728. The summed E-state index contributed by atoms with van der Waals surface area (Å²) in [7, 11) is -3.44. The number of urea groups is 1. The molecule has 8 nitrogen and oxygen atoms in total. The summed E-state index contributed by atoms with van der Waals surface area (Å²) in [6.07, 6.45) is 0.579. The van der Waals surface area contributed by atoms with Gasteiger partial charge in [0.05, 0.1) is 30.9 Å². The van der Waals surface area contributed by atoms with Crippen molar-refractivity contribution in [1.29, 1.82) is 0 Å². The zero-order valence-corrected chi connectivity index (χ0v) is 17.9. The summed E-state index contributed by atoms with van der Waals surface area (Å²) in [5.74, 6) is -0.641. The maximum atomic E-state index is 12.8. The topological polar surface area (TPSA) is 117 Å². The van der Waals surface area contributed by atoms with Crippen LogP contribution in [0.15, 0.2) is 47.4 Å². The number of nitrogens with one attached hydrogen (secondary N) is 3. The summed E-state index contributed by atoms with van der Waals surface area (Å²) in [4.78, 5) is 28.8. The molecule has 156 valence electrons. The first-order chi connectivity index (χ1) is 14.3. The van der Waals surface area contributed by atoms with E-state index in [1.165, 1.54) is 12.1 Å². The number of carbonyl (C=O) groups excluding carboxylic acids is 2. The van der Waals surface area contributed by atoms with E-state index in [0.29, 0.717) is 29.7 Å². The predicted octanol–water partition coefficient (Wildman–Crippen LogP) is 3.05. The SMILES string of the molecule is O=C(NC(=O)c1ccccc1Cl)Nc1nc2ccc(S(=O)(=O)C3CCNC3)cc2s1. The number of halogens is 1. The monoisotopic (exact) mass is 464 g/mol. The normalized spacial score (nSPS) is 16.5. The summed E-state index contributed by atoms with van der Waals surface area (Å²) >= 11 is 7.08. The Hall–Kier alpha value is -2.53. The van der Waals surface area contributed by atoms with Gasteiger partial charge in [-0.3, -0.25) is 15.4 Å². The molecule has 1 aliphatic heterocycles. The smallest absolute Gasteiger partial charge is 0.315 e. The first kappa shape index (κ1) is 20.7. The number of benzene rings is 2. The molecular formula is C19H17ClN4O4S2. The Morgan fingerprint density at radius 1 is 1.20 bits per heavy atom. The van der Waals surface area contributed by atoms with Crippen LogP contribution < -0.4 is 16.0 Å². The number of carbonyl (C=O) groups is 2. The van der Waals surface area contributed by atoms with Crippen molar-refractivity contribution in [3.8, 4) is 0 Å². The Kier molecular flexibility index (Phi) is 5.74. The third kappa shape index (κ3) is 4.17. The number of amides is 3. The van der Waals surface area contributed by atoms with Gasteiger partial charge in [-0.15, -0.1) is 0 Å². The lowest BCUT2D eigenvalue weighted by atomic mass is 10.2. The number of hydrogen-bond acceptors (Lipinski definition) is 7. The molecule has 11 heteroatoms. The fourth-order valence-corrected chi connectivity index (χ4v) is 6.05. The Balaban J connectivity index is 1.49. The number of hydrogen-bond donors (Lipinski definition) is 3. The minimum absolute atomic E-state index is 0.176. The van der Waals surface area contributed by atoms with Crippen molar-refractivity contribution in [1.82, 2.24) is 15.6 Å². The Morgan fingerprint density at radius 3 is 2.73 bits per heavy atom. The molecule has 1 aliphatic rings. The van der Waals surface area contributed by atoms with Crippen LogP contribution in [-0.4, -0.2) is 43.7 Å². The van der Waals surface area contributed by atoms with Gasteiger partial charge in [0.25, 0.3) is 5.91 Å². The molecule has 2 heterocycles. The van der Waals surface area contributed by atoms with Crippen LogP contribution in [-0.2, 0) is 9.84 Å². The molecule has 0 radical (unpaired) electrons. The Bertz CT molecular complexity index is 1240. The maximum absolute atomic E-state index is 12.8. The maximum Gasteiger partial charge on any atom is 0.327 e. The van der Waals surface area contributed by atoms with Crippen molar-refractivity contribution in [2.45, 2.75) is 16.6 Å². The van der Waals surface area contributed by atoms with Crippen molar-refractivity contribution >= 4 is 60.1 Å². The fraction of sp³-hybridized carbons (Fsp3) is 0.211. The number of imide groups is 1. The third-order valence-electron chi connectivity index (χ3n) is 4.71. The summed E-state index contributed by atoms with van der Waals surface area (Å²) in [5, 5.41) is 7.78. The molecule has 1 unspecified atom stereocenters. The van der Waals surface area contributed by atoms with Gasteiger partial charge in [0.2, 0.25) is 0 Å². The van der Waals surface area contributed by atoms with Gasteiger partial charge < -0.3 is 5.32 Å². The van der Waals surface area contributed by atoms with Gasteiger partial charge in [-0.05, 0) is 43.3 Å². The van der Waals surface area contributed by atoms with E-state index < -0.39 is 27.0 Å². The lowest BCUT2D eigenvalue weighted by Crippen LogP contribution is -2.34. The molecule has 0 aliphatic carbocycles. The lowest BCUT2D eigenvalue weighted by Gasteiger charge is -2.10. The van der Waals surface area contributed by atoms with Crippen molar-refractivity contribution in [2.75, 3.05) is 18.4 Å². The molecular weight excluding hydrogens is 448 g/mol. The highest BCUT2D eigenvalue weighted by Gasteiger charge is 2.30. The molecule has 3 aromatic rings. The first-order valence-electron chi connectivity index (χ1n) is 9.06. The minimum Gasteiger partial charge on any atom is -0.315 e. The zero-order valence-electron chi connectivity index (χ0n) is 15.5. The second-order valence-corrected chi connectivity index (χ2v) is 10.4. The van der Waals surface area contributed by atoms with Gasteiger partial charge in [-0.2, -0.15) is 0 Å². The molecule has 3 amide bonds. The molecule has 0 bridgehead atoms. The standard InChI is InChI=1S/C19H17ClN4O4S2/c20-14-4-2-1-3-13(14)17(25)23-18(26)24-19-22-15-6-5-11(9-16(15)29-19)30(27,28)12-7-8-21-10-12/h1-6,9,12,21H,7-8,10H2,(H2,22,23,24,25,26). The molecule has 0 saturated carbocycles. The molecule has 1 aromatic heterocycles. The molecule has 30 heavy (non-hydrogen) atoms. The van der Waals surface area contributed by atoms with Crippen molar-refractivity contribution in [2.24, 2.45) is 0 Å². The molecule has 2 aromatic carbocycles. The van der Waals surface area contributed by atoms with Gasteiger partial charge in [-0.25, -0.2) is 18.2 Å². The van der Waals surface area contributed by atoms with Crippen molar-refractivity contribution in [3.63, 3.8) is 0 Å². The Labute approximate surface area is 181 Å². The van der Waals surface area contributed by atoms with Gasteiger partial charge in [0.15, 0.2) is 15.0 Å². The van der Waals surface area contributed by atoms with Crippen LogP contribution in [0.1, 0.15) is 16.8 Å². The van der Waals surface area contributed by atoms with Gasteiger partial charge in [0, 0.05) is 6.54 Å². The molecule has 3 N–H and O–H groups in total. The number of rotatable bonds is 4. The van der Waals surface area contributed by atoms with Crippen LogP contribution in [0.25, 0.3) is 10.2 Å². The largest absolute Gasteiger partial charge is 0.327 e. The van der Waals surface area contributed by atoms with E-state index in [9.17, 15) is 18.0 Å². The van der Waals surface area contributed by atoms with E-state index in [1.54, 1.807) is 30.3 Å². The highest BCUT2D eigenvalue weighted by Crippen LogP contribution is 2.30. The summed E-state index contributed by atoms with van der Waals surface area (Å²) in [6, 6.07) is 10.3. The third-order valence-corrected chi connectivity index (χ3v) is 8.16. The second kappa shape index (κ2) is 8.31. The molecule has 1 saturated heterocycles. The second-order valence-electron chi connectivity index (χ2n) is 6.70. The number of anilines is 1. The minimum atomic E-state index is -3.44. The highest BCUT2D eigenvalue weighted by molar-refractivity contribution is 7.92. The van der Waals surface area contributed by atoms with Crippen LogP contribution >= 0.6 is 22.9 Å². The summed E-state index contributed by atoms with van der Waals surface area (Å²) in [6.45, 7) is 1.12. The van der Waals surface area contributed by atoms with Crippen LogP contribution in [0.3, 0.4) is 0 Å². The number of nitrogens with zero attached hydrogens (tertiary/aromatic N) is 1. The van der Waals surface area contributed by atoms with Crippen LogP contribution in [0.2, 0.25) is 5.02 Å². The molecule has 0 spiro atoms. The molecule has 1 fully saturated rings. The number of fused-ring (bicyclic) bond motifs is 1. The average molecular weight is 465 g/mol. The number of sulfone groups is 1. The quantitative estimate of drug-likeness (QED) is 0.546. The van der Waals surface area contributed by atoms with E-state index in [1.807, 2.05) is 0 Å². The molecule has 1 atom stereocenters. The van der Waals surface area contributed by atoms with Crippen LogP contribution in [0.4, 0.5) is 9.93 Å². The van der Waals surface area contributed by atoms with Gasteiger partial charge >= 0.3 is 6.03 Å². The predicted molar refractivity (Wildman–Crippen MR) is 116 cm³/mol. The highest BCUT2D eigenvalue weighted by atomic mass is 35.5. The Morgan fingerprint density at radius 2 is 2.00 bits per heavy atom. The van der Waals surface area contributed by atoms with Crippen LogP contribution in [0.5, 0.6) is 0 Å². The van der Waals surface area contributed by atoms with Gasteiger partial charge in [0.1, 0.15) is 0 Å². The number of aromatic nitrogens is 1. The fourth-order valence-electron chi connectivity index (χ4n) is 3.17. The van der Waals surface area contributed by atoms with Crippen LogP contribution in [0, 0.1) is 0 Å². The van der Waals surface area contributed by atoms with E-state index in [2.05, 4.69) is 20.9 Å². The zero-order chi connectivity index (χ0) is 21.3. The van der Waals surface area contributed by atoms with E-state index in [0.717, 1.165) is 11.3 Å². The van der Waals surface area contributed by atoms with Crippen molar-refractivity contribution < 1.29 is 18.0 Å². The lowest BCUT2D eigenvalue weighted by molar-refractivity contribution is 0.0967. The van der Waals surface area contributed by atoms with E-state index >= 15 is 0 Å². The van der Waals surface area contributed by atoms with E-state index in [4.69, 9.17) is 11.6 Å². The summed E-state index contributed by atoms with van der Waals surface area (Å²) < 4.78 is 26.1. The van der Waals surface area contributed by atoms with E-state index in [-0.39, 0.29) is 20.6 Å². The number of thiazole rings is 1. The average Bonchev–Trinajstić information content (AvgIpc) is 3.37. The molecule has 4 rings (SSSR count). The van der Waals surface area contributed by atoms with Gasteiger partial charge in [-0.1, -0.05) is 35.1 Å². The first-order valence-corrected chi connectivity index (χ1v) is 11.8. The van der Waals surface area contributed by atoms with Crippen molar-refractivity contribution in [3.05, 3.63) is 53.1 Å².